The minimum atomic E-state index is 0.284. The highest BCUT2D eigenvalue weighted by atomic mass is 16.5. The fraction of sp³-hybridized carbons (Fsp3) is 0.733. The Morgan fingerprint density at radius 3 is 2.95 bits per heavy atom. The van der Waals surface area contributed by atoms with Crippen molar-refractivity contribution in [1.82, 2.24) is 19.4 Å². The Bertz CT molecular complexity index is 502. The van der Waals surface area contributed by atoms with Crippen LogP contribution in [0, 0.1) is 0 Å². The SMILES string of the molecule is COCCN1C(=O)CC[C@@H]2[C@H]1CCN2Cc1nccn1C. The molecule has 0 radical (unpaired) electrons. The quantitative estimate of drug-likeness (QED) is 0.799. The van der Waals surface area contributed by atoms with Crippen molar-refractivity contribution in [3.8, 4) is 0 Å². The molecule has 3 heterocycles. The normalized spacial score (nSPS) is 26.4. The van der Waals surface area contributed by atoms with E-state index in [0.29, 0.717) is 31.7 Å². The van der Waals surface area contributed by atoms with Crippen LogP contribution in [0.3, 0.4) is 0 Å². The highest BCUT2D eigenvalue weighted by molar-refractivity contribution is 5.77. The van der Waals surface area contributed by atoms with E-state index in [1.54, 1.807) is 7.11 Å². The number of fused-ring (bicyclic) bond motifs is 1. The van der Waals surface area contributed by atoms with Gasteiger partial charge in [0, 0.05) is 58.1 Å². The van der Waals surface area contributed by atoms with E-state index in [-0.39, 0.29) is 5.91 Å². The van der Waals surface area contributed by atoms with Crippen LogP contribution in [0.1, 0.15) is 25.1 Å². The zero-order valence-electron chi connectivity index (χ0n) is 12.9. The number of aromatic nitrogens is 2. The first-order valence-corrected chi connectivity index (χ1v) is 7.69. The maximum atomic E-state index is 12.2. The van der Waals surface area contributed by atoms with Gasteiger partial charge in [-0.05, 0) is 12.8 Å². The molecule has 2 atom stereocenters. The van der Waals surface area contributed by atoms with Crippen molar-refractivity contribution in [1.29, 1.82) is 0 Å². The summed E-state index contributed by atoms with van der Waals surface area (Å²) in [6, 6.07) is 0.818. The van der Waals surface area contributed by atoms with E-state index in [1.165, 1.54) is 0 Å². The van der Waals surface area contributed by atoms with Gasteiger partial charge in [0.05, 0.1) is 13.2 Å². The molecular formula is C15H24N4O2. The summed E-state index contributed by atoms with van der Waals surface area (Å²) in [5.74, 6) is 1.38. The third-order valence-electron chi connectivity index (χ3n) is 4.80. The van der Waals surface area contributed by atoms with Crippen LogP contribution in [-0.4, -0.2) is 64.1 Å². The Morgan fingerprint density at radius 2 is 2.24 bits per heavy atom. The predicted octanol–water partition coefficient (Wildman–Crippen LogP) is 0.632. The first kappa shape index (κ1) is 14.5. The number of rotatable bonds is 5. The van der Waals surface area contributed by atoms with Crippen molar-refractivity contribution in [3.05, 3.63) is 18.2 Å². The zero-order valence-corrected chi connectivity index (χ0v) is 12.9. The lowest BCUT2D eigenvalue weighted by atomic mass is 9.96. The Balaban J connectivity index is 1.68. The number of ether oxygens (including phenoxy) is 1. The molecule has 1 amide bonds. The fourth-order valence-electron chi connectivity index (χ4n) is 3.65. The number of likely N-dealkylation sites (tertiary alicyclic amines) is 2. The zero-order chi connectivity index (χ0) is 14.8. The molecule has 1 aromatic heterocycles. The molecule has 0 N–H and O–H groups in total. The van der Waals surface area contributed by atoms with Crippen molar-refractivity contribution in [2.24, 2.45) is 7.05 Å². The summed E-state index contributed by atoms with van der Waals surface area (Å²) in [5.41, 5.74) is 0. The average molecular weight is 292 g/mol. The van der Waals surface area contributed by atoms with E-state index < -0.39 is 0 Å². The van der Waals surface area contributed by atoms with Gasteiger partial charge >= 0.3 is 0 Å². The minimum absolute atomic E-state index is 0.284. The van der Waals surface area contributed by atoms with Crippen LogP contribution in [0.15, 0.2) is 12.4 Å². The highest BCUT2D eigenvalue weighted by Gasteiger charge is 2.42. The average Bonchev–Trinajstić information content (AvgIpc) is 3.06. The van der Waals surface area contributed by atoms with Gasteiger partial charge in [-0.25, -0.2) is 4.98 Å². The van der Waals surface area contributed by atoms with Gasteiger partial charge in [0.15, 0.2) is 0 Å². The maximum absolute atomic E-state index is 12.2. The summed E-state index contributed by atoms with van der Waals surface area (Å²) >= 11 is 0. The second-order valence-corrected chi connectivity index (χ2v) is 5.97. The number of carbonyl (C=O) groups excluding carboxylic acids is 1. The largest absolute Gasteiger partial charge is 0.383 e. The molecule has 6 nitrogen and oxygen atoms in total. The maximum Gasteiger partial charge on any atom is 0.223 e. The van der Waals surface area contributed by atoms with Gasteiger partial charge in [0.1, 0.15) is 5.82 Å². The van der Waals surface area contributed by atoms with Gasteiger partial charge in [-0.1, -0.05) is 0 Å². The van der Waals surface area contributed by atoms with Gasteiger partial charge in [-0.15, -0.1) is 0 Å². The molecule has 1 aromatic rings. The second-order valence-electron chi connectivity index (χ2n) is 5.97. The van der Waals surface area contributed by atoms with E-state index in [4.69, 9.17) is 4.74 Å². The van der Waals surface area contributed by atoms with Crippen molar-refractivity contribution < 1.29 is 9.53 Å². The van der Waals surface area contributed by atoms with Crippen molar-refractivity contribution >= 4 is 5.91 Å². The molecule has 3 rings (SSSR count). The predicted molar refractivity (Wildman–Crippen MR) is 78.6 cm³/mol. The molecule has 0 saturated carbocycles. The summed E-state index contributed by atoms with van der Waals surface area (Å²) in [5, 5.41) is 0. The number of amides is 1. The Kier molecular flexibility index (Phi) is 4.26. The fourth-order valence-corrected chi connectivity index (χ4v) is 3.65. The Hall–Kier alpha value is -1.40. The lowest BCUT2D eigenvalue weighted by Crippen LogP contribution is -2.53. The molecule has 116 valence electrons. The van der Waals surface area contributed by atoms with E-state index in [2.05, 4.69) is 14.5 Å². The first-order valence-electron chi connectivity index (χ1n) is 7.69. The molecule has 0 spiro atoms. The van der Waals surface area contributed by atoms with Crippen LogP contribution < -0.4 is 0 Å². The lowest BCUT2D eigenvalue weighted by Gasteiger charge is -2.39. The summed E-state index contributed by atoms with van der Waals surface area (Å²) in [7, 11) is 3.72. The summed E-state index contributed by atoms with van der Waals surface area (Å²) in [6.07, 6.45) is 6.51. The number of hydrogen-bond acceptors (Lipinski definition) is 4. The van der Waals surface area contributed by atoms with Crippen molar-refractivity contribution in [2.45, 2.75) is 37.9 Å². The molecule has 21 heavy (non-hydrogen) atoms. The third-order valence-corrected chi connectivity index (χ3v) is 4.80. The van der Waals surface area contributed by atoms with Crippen LogP contribution in [-0.2, 0) is 23.1 Å². The Morgan fingerprint density at radius 1 is 1.38 bits per heavy atom. The first-order chi connectivity index (χ1) is 10.2. The van der Waals surface area contributed by atoms with Gasteiger partial charge in [-0.3, -0.25) is 9.69 Å². The number of carbonyl (C=O) groups is 1. The minimum Gasteiger partial charge on any atom is -0.383 e. The molecular weight excluding hydrogens is 268 g/mol. The molecule has 2 aliphatic heterocycles. The van der Waals surface area contributed by atoms with Crippen molar-refractivity contribution in [3.63, 3.8) is 0 Å². The number of hydrogen-bond donors (Lipinski definition) is 0. The van der Waals surface area contributed by atoms with Crippen LogP contribution >= 0.6 is 0 Å². The van der Waals surface area contributed by atoms with E-state index in [0.717, 1.165) is 31.8 Å². The van der Waals surface area contributed by atoms with E-state index in [9.17, 15) is 4.79 Å². The molecule has 2 fully saturated rings. The molecule has 0 bridgehead atoms. The van der Waals surface area contributed by atoms with Crippen LogP contribution in [0.2, 0.25) is 0 Å². The third kappa shape index (κ3) is 2.82. The Labute approximate surface area is 125 Å². The molecule has 0 aromatic carbocycles. The number of imidazole rings is 1. The molecule has 2 saturated heterocycles. The molecule has 0 unspecified atom stereocenters. The summed E-state index contributed by atoms with van der Waals surface area (Å²) in [6.45, 7) is 3.25. The van der Waals surface area contributed by atoms with Crippen LogP contribution in [0.4, 0.5) is 0 Å². The smallest absolute Gasteiger partial charge is 0.223 e. The number of aryl methyl sites for hydroxylation is 1. The van der Waals surface area contributed by atoms with Crippen molar-refractivity contribution in [2.75, 3.05) is 26.8 Å². The van der Waals surface area contributed by atoms with E-state index in [1.807, 2.05) is 24.3 Å². The topological polar surface area (TPSA) is 50.6 Å². The summed E-state index contributed by atoms with van der Waals surface area (Å²) < 4.78 is 7.22. The van der Waals surface area contributed by atoms with Crippen LogP contribution in [0.25, 0.3) is 0 Å². The summed E-state index contributed by atoms with van der Waals surface area (Å²) in [4.78, 5) is 21.1. The standard InChI is InChI=1S/C15H24N4O2/c1-17-8-6-16-14(17)11-18-7-5-13-12(18)3-4-15(20)19(13)9-10-21-2/h6,8,12-13H,3-5,7,9-11H2,1-2H3/t12-,13-/m1/s1. The molecule has 0 aliphatic carbocycles. The van der Waals surface area contributed by atoms with Gasteiger partial charge in [0.25, 0.3) is 0 Å². The van der Waals surface area contributed by atoms with Gasteiger partial charge < -0.3 is 14.2 Å². The molecule has 2 aliphatic rings. The monoisotopic (exact) mass is 292 g/mol. The van der Waals surface area contributed by atoms with Gasteiger partial charge in [-0.2, -0.15) is 0 Å². The molecule has 6 heteroatoms. The lowest BCUT2D eigenvalue weighted by molar-refractivity contribution is -0.138. The number of methoxy groups -OCH3 is 1. The van der Waals surface area contributed by atoms with Crippen LogP contribution in [0.5, 0.6) is 0 Å². The van der Waals surface area contributed by atoms with E-state index >= 15 is 0 Å². The number of nitrogens with zero attached hydrogens (tertiary/aromatic N) is 4. The van der Waals surface area contributed by atoms with Gasteiger partial charge in [0.2, 0.25) is 5.91 Å². The number of piperidine rings is 1. The highest BCUT2D eigenvalue weighted by Crippen LogP contribution is 2.32. The second kappa shape index (κ2) is 6.15.